The van der Waals surface area contributed by atoms with Gasteiger partial charge in [-0.3, -0.25) is 5.32 Å². The minimum atomic E-state index is -0.453. The van der Waals surface area contributed by atoms with Gasteiger partial charge >= 0.3 is 6.03 Å². The van der Waals surface area contributed by atoms with Crippen LogP contribution < -0.4 is 10.6 Å². The highest BCUT2D eigenvalue weighted by molar-refractivity contribution is 6.33. The average Bonchev–Trinajstić information content (AvgIpc) is 3.03. The van der Waals surface area contributed by atoms with Crippen molar-refractivity contribution < 1.29 is 4.79 Å². The van der Waals surface area contributed by atoms with Gasteiger partial charge in [-0.2, -0.15) is 5.10 Å². The molecule has 0 bridgehead atoms. The molecule has 7 heteroatoms. The van der Waals surface area contributed by atoms with Crippen LogP contribution in [0.3, 0.4) is 0 Å². The zero-order valence-corrected chi connectivity index (χ0v) is 13.3. The third-order valence-electron chi connectivity index (χ3n) is 3.10. The average molecular weight is 340 g/mol. The normalized spacial score (nSPS) is 10.7. The highest BCUT2D eigenvalue weighted by Crippen LogP contribution is 2.20. The lowest BCUT2D eigenvalue weighted by Crippen LogP contribution is -2.21. The molecule has 24 heavy (non-hydrogen) atoms. The first-order valence-corrected chi connectivity index (χ1v) is 7.55. The molecule has 0 fully saturated rings. The molecule has 0 saturated carbocycles. The van der Waals surface area contributed by atoms with E-state index in [-0.39, 0.29) is 0 Å². The molecule has 0 spiro atoms. The van der Waals surface area contributed by atoms with Gasteiger partial charge in [0.25, 0.3) is 0 Å². The Morgan fingerprint density at radius 3 is 2.62 bits per heavy atom. The van der Waals surface area contributed by atoms with Crippen LogP contribution in [0.4, 0.5) is 16.4 Å². The molecule has 1 heterocycles. The van der Waals surface area contributed by atoms with E-state index in [4.69, 9.17) is 11.6 Å². The van der Waals surface area contributed by atoms with E-state index in [9.17, 15) is 4.79 Å². The lowest BCUT2D eigenvalue weighted by atomic mass is 10.2. The van der Waals surface area contributed by atoms with Gasteiger partial charge in [-0.15, -0.1) is 0 Å². The molecule has 2 aromatic carbocycles. The Balaban J connectivity index is 1.68. The van der Waals surface area contributed by atoms with Gasteiger partial charge in [0.1, 0.15) is 0 Å². The van der Waals surface area contributed by atoms with Crippen molar-refractivity contribution in [2.75, 3.05) is 10.6 Å². The first-order valence-electron chi connectivity index (χ1n) is 7.17. The number of urea groups is 1. The second-order valence-corrected chi connectivity index (χ2v) is 5.22. The Morgan fingerprint density at radius 1 is 1.08 bits per heavy atom. The van der Waals surface area contributed by atoms with Gasteiger partial charge in [-0.1, -0.05) is 54.1 Å². The Morgan fingerprint density at radius 2 is 1.83 bits per heavy atom. The molecule has 2 N–H and O–H groups in total. The summed E-state index contributed by atoms with van der Waals surface area (Å²) in [7, 11) is 0. The Bertz CT molecular complexity index is 860. The summed E-state index contributed by atoms with van der Waals surface area (Å²) in [5.74, 6) is 0.298. The van der Waals surface area contributed by atoms with Crippen LogP contribution in [0.1, 0.15) is 5.56 Å². The number of aromatic nitrogens is 2. The molecule has 2 amide bonds. The van der Waals surface area contributed by atoms with Crippen molar-refractivity contribution in [1.82, 2.24) is 9.66 Å². The standard InChI is InChI=1S/C17H14ClN5O/c18-14-8-4-5-9-15(14)21-17(24)22-16-19-10-11-23(16)20-12-13-6-2-1-3-7-13/h1-12H,(H2,19,21,22,24). The first kappa shape index (κ1) is 15.8. The molecule has 6 nitrogen and oxygen atoms in total. The molecule has 3 aromatic rings. The number of para-hydroxylation sites is 1. The molecule has 0 aliphatic carbocycles. The van der Waals surface area contributed by atoms with Crippen LogP contribution in [0.2, 0.25) is 5.02 Å². The SMILES string of the molecule is O=C(Nc1ccccc1Cl)Nc1nccn1N=Cc1ccccc1. The van der Waals surface area contributed by atoms with E-state index in [1.165, 1.54) is 4.68 Å². The molecule has 0 aliphatic heterocycles. The van der Waals surface area contributed by atoms with Crippen molar-refractivity contribution in [2.45, 2.75) is 0 Å². The van der Waals surface area contributed by atoms with Crippen molar-refractivity contribution in [3.05, 3.63) is 77.6 Å². The number of amides is 2. The fourth-order valence-electron chi connectivity index (χ4n) is 1.97. The summed E-state index contributed by atoms with van der Waals surface area (Å²) in [4.78, 5) is 16.1. The zero-order chi connectivity index (χ0) is 16.8. The second kappa shape index (κ2) is 7.43. The van der Waals surface area contributed by atoms with E-state index >= 15 is 0 Å². The lowest BCUT2D eigenvalue weighted by Gasteiger charge is -2.08. The van der Waals surface area contributed by atoms with Crippen LogP contribution in [-0.4, -0.2) is 21.9 Å². The third-order valence-corrected chi connectivity index (χ3v) is 3.43. The number of carbonyl (C=O) groups is 1. The summed E-state index contributed by atoms with van der Waals surface area (Å²) >= 11 is 6.01. The number of hydrogen-bond acceptors (Lipinski definition) is 3. The van der Waals surface area contributed by atoms with Crippen LogP contribution in [-0.2, 0) is 0 Å². The van der Waals surface area contributed by atoms with Crippen molar-refractivity contribution in [3.63, 3.8) is 0 Å². The number of anilines is 2. The van der Waals surface area contributed by atoms with Crippen molar-refractivity contribution in [1.29, 1.82) is 0 Å². The summed E-state index contributed by atoms with van der Waals surface area (Å²) in [5.41, 5.74) is 1.46. The topological polar surface area (TPSA) is 71.3 Å². The van der Waals surface area contributed by atoms with Crippen LogP contribution in [0.25, 0.3) is 0 Å². The maximum absolute atomic E-state index is 12.1. The van der Waals surface area contributed by atoms with Crippen molar-refractivity contribution >= 4 is 35.5 Å². The number of imidazole rings is 1. The molecular weight excluding hydrogens is 326 g/mol. The summed E-state index contributed by atoms with van der Waals surface area (Å²) < 4.78 is 1.47. The van der Waals surface area contributed by atoms with Crippen LogP contribution in [0, 0.1) is 0 Å². The van der Waals surface area contributed by atoms with Crippen LogP contribution >= 0.6 is 11.6 Å². The number of nitrogens with zero attached hydrogens (tertiary/aromatic N) is 3. The fraction of sp³-hybridized carbons (Fsp3) is 0. The van der Waals surface area contributed by atoms with Gasteiger partial charge in [0.05, 0.1) is 23.1 Å². The van der Waals surface area contributed by atoms with E-state index in [0.717, 1.165) is 5.56 Å². The number of nitrogens with one attached hydrogen (secondary N) is 2. The number of halogens is 1. The fourth-order valence-corrected chi connectivity index (χ4v) is 2.15. The molecule has 0 aliphatic rings. The molecule has 0 unspecified atom stereocenters. The Hall–Kier alpha value is -3.12. The van der Waals surface area contributed by atoms with Crippen molar-refractivity contribution in [2.24, 2.45) is 5.10 Å². The maximum atomic E-state index is 12.1. The maximum Gasteiger partial charge on any atom is 0.326 e. The molecule has 3 rings (SSSR count). The van der Waals surface area contributed by atoms with Crippen molar-refractivity contribution in [3.8, 4) is 0 Å². The van der Waals surface area contributed by atoms with E-state index in [2.05, 4.69) is 20.7 Å². The molecular formula is C17H14ClN5O. The van der Waals surface area contributed by atoms with Gasteiger partial charge in [0.2, 0.25) is 5.95 Å². The minimum absolute atomic E-state index is 0.298. The monoisotopic (exact) mass is 339 g/mol. The van der Waals surface area contributed by atoms with E-state index in [1.807, 2.05) is 30.3 Å². The number of carbonyl (C=O) groups excluding carboxylic acids is 1. The summed E-state index contributed by atoms with van der Waals surface area (Å²) in [5, 5.41) is 10.0. The molecule has 120 valence electrons. The van der Waals surface area contributed by atoms with E-state index in [1.54, 1.807) is 42.9 Å². The van der Waals surface area contributed by atoms with E-state index < -0.39 is 6.03 Å². The lowest BCUT2D eigenvalue weighted by molar-refractivity contribution is 0.262. The number of hydrogen-bond donors (Lipinski definition) is 2. The predicted molar refractivity (Wildman–Crippen MR) is 95.8 cm³/mol. The number of rotatable bonds is 4. The highest BCUT2D eigenvalue weighted by atomic mass is 35.5. The van der Waals surface area contributed by atoms with Gasteiger partial charge in [0.15, 0.2) is 0 Å². The van der Waals surface area contributed by atoms with E-state index in [0.29, 0.717) is 16.7 Å². The quantitative estimate of drug-likeness (QED) is 0.703. The van der Waals surface area contributed by atoms with Crippen LogP contribution in [0.15, 0.2) is 72.1 Å². The largest absolute Gasteiger partial charge is 0.326 e. The van der Waals surface area contributed by atoms with Gasteiger partial charge in [-0.05, 0) is 17.7 Å². The smallest absolute Gasteiger partial charge is 0.306 e. The third kappa shape index (κ3) is 3.99. The second-order valence-electron chi connectivity index (χ2n) is 4.81. The Labute approximate surface area is 143 Å². The first-order chi connectivity index (χ1) is 11.7. The summed E-state index contributed by atoms with van der Waals surface area (Å²) in [6.45, 7) is 0. The van der Waals surface area contributed by atoms with Crippen LogP contribution in [0.5, 0.6) is 0 Å². The summed E-state index contributed by atoms with van der Waals surface area (Å²) in [6.07, 6.45) is 4.87. The predicted octanol–water partition coefficient (Wildman–Crippen LogP) is 4.06. The summed E-state index contributed by atoms with van der Waals surface area (Å²) in [6, 6.07) is 16.2. The van der Waals surface area contributed by atoms with Gasteiger partial charge in [-0.25, -0.2) is 14.5 Å². The minimum Gasteiger partial charge on any atom is -0.306 e. The molecule has 0 radical (unpaired) electrons. The highest BCUT2D eigenvalue weighted by Gasteiger charge is 2.08. The van der Waals surface area contributed by atoms with Gasteiger partial charge < -0.3 is 5.32 Å². The Kier molecular flexibility index (Phi) is 4.88. The number of benzene rings is 2. The zero-order valence-electron chi connectivity index (χ0n) is 12.6. The molecule has 1 aromatic heterocycles. The molecule has 0 saturated heterocycles. The molecule has 0 atom stereocenters. The van der Waals surface area contributed by atoms with Gasteiger partial charge in [0, 0.05) is 6.20 Å².